The Bertz CT molecular complexity index is 1050. The van der Waals surface area contributed by atoms with Crippen molar-refractivity contribution in [3.8, 4) is 33.8 Å². The lowest BCUT2D eigenvalue weighted by Gasteiger charge is -2.15. The lowest BCUT2D eigenvalue weighted by molar-refractivity contribution is 0.475. The Hall–Kier alpha value is -3.52. The van der Waals surface area contributed by atoms with Gasteiger partial charge in [0.2, 0.25) is 0 Å². The summed E-state index contributed by atoms with van der Waals surface area (Å²) in [5.74, 6) is 0.548. The van der Waals surface area contributed by atoms with Crippen LogP contribution in [0.4, 0.5) is 0 Å². The summed E-state index contributed by atoms with van der Waals surface area (Å²) in [5, 5.41) is 19.3. The van der Waals surface area contributed by atoms with E-state index in [1.807, 2.05) is 24.3 Å². The number of phenolic OH excluding ortho intramolecular Hbond substituents is 2. The summed E-state index contributed by atoms with van der Waals surface area (Å²) in [4.78, 5) is 0. The molecule has 0 unspecified atom stereocenters. The molecule has 2 heteroatoms. The highest BCUT2D eigenvalue weighted by Crippen LogP contribution is 2.32. The molecular weight excluding hydrogens is 356 g/mol. The van der Waals surface area contributed by atoms with Gasteiger partial charge in [0, 0.05) is 0 Å². The van der Waals surface area contributed by atoms with Gasteiger partial charge in [0.25, 0.3) is 0 Å². The van der Waals surface area contributed by atoms with Crippen LogP contribution in [0.15, 0.2) is 84.9 Å². The smallest absolute Gasteiger partial charge is 0.115 e. The predicted molar refractivity (Wildman–Crippen MR) is 119 cm³/mol. The first kappa shape index (κ1) is 18.8. The molecule has 4 aromatic carbocycles. The maximum Gasteiger partial charge on any atom is 0.115 e. The van der Waals surface area contributed by atoms with Crippen LogP contribution in [-0.4, -0.2) is 10.2 Å². The summed E-state index contributed by atoms with van der Waals surface area (Å²) >= 11 is 0. The molecule has 0 aliphatic carbocycles. The zero-order chi connectivity index (χ0) is 20.4. The highest BCUT2D eigenvalue weighted by molar-refractivity contribution is 5.73. The minimum Gasteiger partial charge on any atom is -0.508 e. The second kappa shape index (κ2) is 7.84. The fourth-order valence-corrected chi connectivity index (χ4v) is 3.71. The minimum atomic E-state index is 0.274. The lowest BCUT2D eigenvalue weighted by atomic mass is 9.89. The molecule has 0 spiro atoms. The van der Waals surface area contributed by atoms with Crippen molar-refractivity contribution in [3.05, 3.63) is 107 Å². The van der Waals surface area contributed by atoms with Crippen molar-refractivity contribution in [2.24, 2.45) is 0 Å². The molecule has 144 valence electrons. The Kier molecular flexibility index (Phi) is 5.09. The van der Waals surface area contributed by atoms with E-state index in [9.17, 15) is 10.2 Å². The molecule has 0 fully saturated rings. The van der Waals surface area contributed by atoms with Gasteiger partial charge in [-0.15, -0.1) is 0 Å². The molecular formula is C27H24O2. The fourth-order valence-electron chi connectivity index (χ4n) is 3.71. The molecule has 0 aliphatic heterocycles. The second-order valence-corrected chi connectivity index (χ2v) is 7.59. The summed E-state index contributed by atoms with van der Waals surface area (Å²) in [6, 6.07) is 27.9. The van der Waals surface area contributed by atoms with E-state index >= 15 is 0 Å². The summed E-state index contributed by atoms with van der Waals surface area (Å²) in [6.45, 7) is 4.20. The van der Waals surface area contributed by atoms with Crippen molar-refractivity contribution < 1.29 is 10.2 Å². The van der Waals surface area contributed by atoms with Gasteiger partial charge >= 0.3 is 0 Å². The van der Waals surface area contributed by atoms with Crippen molar-refractivity contribution in [2.45, 2.75) is 20.3 Å². The van der Waals surface area contributed by atoms with Crippen LogP contribution in [0, 0.1) is 13.8 Å². The third-order valence-corrected chi connectivity index (χ3v) is 5.27. The van der Waals surface area contributed by atoms with Gasteiger partial charge < -0.3 is 10.2 Å². The first-order valence-corrected chi connectivity index (χ1v) is 9.77. The summed E-state index contributed by atoms with van der Waals surface area (Å²) in [5.41, 5.74) is 9.46. The van der Waals surface area contributed by atoms with E-state index in [-0.39, 0.29) is 11.5 Å². The van der Waals surface area contributed by atoms with Crippen LogP contribution < -0.4 is 0 Å². The third-order valence-electron chi connectivity index (χ3n) is 5.27. The molecule has 2 N–H and O–H groups in total. The second-order valence-electron chi connectivity index (χ2n) is 7.59. The van der Waals surface area contributed by atoms with Crippen molar-refractivity contribution in [2.75, 3.05) is 0 Å². The van der Waals surface area contributed by atoms with Crippen LogP contribution in [0.2, 0.25) is 0 Å². The molecule has 0 atom stereocenters. The summed E-state index contributed by atoms with van der Waals surface area (Å²) in [6.07, 6.45) is 0.799. The fraction of sp³-hybridized carbons (Fsp3) is 0.111. The van der Waals surface area contributed by atoms with Gasteiger partial charge in [0.15, 0.2) is 0 Å². The van der Waals surface area contributed by atoms with E-state index in [1.54, 1.807) is 24.3 Å². The number of rotatable bonds is 4. The summed E-state index contributed by atoms with van der Waals surface area (Å²) < 4.78 is 0. The van der Waals surface area contributed by atoms with E-state index in [1.165, 1.54) is 33.4 Å². The van der Waals surface area contributed by atoms with Gasteiger partial charge in [-0.25, -0.2) is 0 Å². The van der Waals surface area contributed by atoms with Crippen LogP contribution in [-0.2, 0) is 6.42 Å². The minimum absolute atomic E-state index is 0.274. The average molecular weight is 380 g/mol. The number of hydrogen-bond acceptors (Lipinski definition) is 2. The monoisotopic (exact) mass is 380 g/mol. The number of aryl methyl sites for hydroxylation is 2. The average Bonchev–Trinajstić information content (AvgIpc) is 2.72. The number of aromatic hydroxyl groups is 2. The maximum atomic E-state index is 9.65. The van der Waals surface area contributed by atoms with Crippen LogP contribution >= 0.6 is 0 Å². The van der Waals surface area contributed by atoms with Crippen molar-refractivity contribution in [3.63, 3.8) is 0 Å². The molecule has 0 heterocycles. The van der Waals surface area contributed by atoms with E-state index in [4.69, 9.17) is 0 Å². The Balaban J connectivity index is 1.79. The lowest BCUT2D eigenvalue weighted by Crippen LogP contribution is -1.96. The first-order valence-electron chi connectivity index (χ1n) is 9.77. The quantitative estimate of drug-likeness (QED) is 0.417. The molecule has 0 amide bonds. The van der Waals surface area contributed by atoms with Crippen LogP contribution in [0.5, 0.6) is 11.5 Å². The van der Waals surface area contributed by atoms with Gasteiger partial charge in [-0.05, 0) is 77.9 Å². The largest absolute Gasteiger partial charge is 0.508 e. The van der Waals surface area contributed by atoms with Gasteiger partial charge in [-0.1, -0.05) is 71.8 Å². The molecule has 0 aromatic heterocycles. The SMILES string of the molecule is Cc1ccc(Cc2ccc(C)cc2-c2ccc(O)cc2)c(-c2ccc(O)cc2)c1. The van der Waals surface area contributed by atoms with Crippen LogP contribution in [0.1, 0.15) is 22.3 Å². The number of benzene rings is 4. The van der Waals surface area contributed by atoms with E-state index in [0.717, 1.165) is 17.5 Å². The maximum absolute atomic E-state index is 9.65. The number of hydrogen-bond donors (Lipinski definition) is 2. The molecule has 0 radical (unpaired) electrons. The van der Waals surface area contributed by atoms with Crippen LogP contribution in [0.3, 0.4) is 0 Å². The zero-order valence-corrected chi connectivity index (χ0v) is 16.7. The van der Waals surface area contributed by atoms with Crippen molar-refractivity contribution in [1.82, 2.24) is 0 Å². The van der Waals surface area contributed by atoms with E-state index in [0.29, 0.717) is 0 Å². The number of phenols is 2. The zero-order valence-electron chi connectivity index (χ0n) is 16.7. The first-order chi connectivity index (χ1) is 14.0. The summed E-state index contributed by atoms with van der Waals surface area (Å²) in [7, 11) is 0. The molecule has 4 aromatic rings. The standard InChI is InChI=1S/C27H24O2/c1-18-3-5-22(26(15-18)20-7-11-24(28)12-8-20)17-23-6-4-19(2)16-27(23)21-9-13-25(29)14-10-21/h3-16,28-29H,17H2,1-2H3. The Morgan fingerprint density at radius 1 is 0.517 bits per heavy atom. The van der Waals surface area contributed by atoms with Gasteiger partial charge in [0.1, 0.15) is 11.5 Å². The van der Waals surface area contributed by atoms with E-state index in [2.05, 4.69) is 50.2 Å². The Morgan fingerprint density at radius 3 is 1.28 bits per heavy atom. The van der Waals surface area contributed by atoms with Gasteiger partial charge in [-0.3, -0.25) is 0 Å². The highest BCUT2D eigenvalue weighted by atomic mass is 16.3. The van der Waals surface area contributed by atoms with Crippen molar-refractivity contribution >= 4 is 0 Å². The predicted octanol–water partition coefficient (Wildman–Crippen LogP) is 6.64. The Morgan fingerprint density at radius 2 is 0.897 bits per heavy atom. The third kappa shape index (κ3) is 4.17. The molecule has 0 saturated carbocycles. The molecule has 0 aliphatic rings. The molecule has 4 rings (SSSR count). The van der Waals surface area contributed by atoms with Crippen molar-refractivity contribution in [1.29, 1.82) is 0 Å². The van der Waals surface area contributed by atoms with Crippen LogP contribution in [0.25, 0.3) is 22.3 Å². The molecule has 29 heavy (non-hydrogen) atoms. The normalized spacial score (nSPS) is 10.8. The Labute approximate surface area is 171 Å². The topological polar surface area (TPSA) is 40.5 Å². The van der Waals surface area contributed by atoms with Gasteiger partial charge in [0.05, 0.1) is 0 Å². The van der Waals surface area contributed by atoms with E-state index < -0.39 is 0 Å². The molecule has 0 bridgehead atoms. The highest BCUT2D eigenvalue weighted by Gasteiger charge is 2.11. The van der Waals surface area contributed by atoms with Gasteiger partial charge in [-0.2, -0.15) is 0 Å². The molecule has 2 nitrogen and oxygen atoms in total. The molecule has 0 saturated heterocycles.